The quantitative estimate of drug-likeness (QED) is 0.410. The number of carbonyl (C=O) groups is 2. The van der Waals surface area contributed by atoms with Crippen molar-refractivity contribution in [2.24, 2.45) is 4.99 Å². The molecule has 35 heavy (non-hydrogen) atoms. The van der Waals surface area contributed by atoms with E-state index in [1.54, 1.807) is 23.1 Å². The second-order valence-corrected chi connectivity index (χ2v) is 9.29. The van der Waals surface area contributed by atoms with Crippen LogP contribution in [0.5, 0.6) is 0 Å². The predicted molar refractivity (Wildman–Crippen MR) is 133 cm³/mol. The van der Waals surface area contributed by atoms with Gasteiger partial charge in [0.15, 0.2) is 5.17 Å². The number of allylic oxidation sites excluding steroid dienone is 1. The highest BCUT2D eigenvalue weighted by Gasteiger charge is 2.42. The average Bonchev–Trinajstić information content (AvgIpc) is 3.28. The van der Waals surface area contributed by atoms with E-state index < -0.39 is 17.8 Å². The van der Waals surface area contributed by atoms with Crippen molar-refractivity contribution in [3.63, 3.8) is 0 Å². The lowest BCUT2D eigenvalue weighted by molar-refractivity contribution is -0.136. The molecule has 0 radical (unpaired) electrons. The number of fused-ring (bicyclic) bond motifs is 1. The van der Waals surface area contributed by atoms with Crippen molar-refractivity contribution in [2.75, 3.05) is 46.5 Å². The number of amidine groups is 1. The minimum absolute atomic E-state index is 0.102. The summed E-state index contributed by atoms with van der Waals surface area (Å²) in [5.74, 6) is -1.11. The number of benzene rings is 1. The maximum atomic E-state index is 15.0. The number of ether oxygens (including phenoxy) is 2. The van der Waals surface area contributed by atoms with Crippen molar-refractivity contribution < 1.29 is 23.5 Å². The Labute approximate surface area is 209 Å². The van der Waals surface area contributed by atoms with Gasteiger partial charge in [-0.15, -0.1) is 0 Å². The summed E-state index contributed by atoms with van der Waals surface area (Å²) >= 11 is 1.37. The molecular formula is C25H31FN4O4S. The average molecular weight is 503 g/mol. The fraction of sp³-hybridized carbons (Fsp3) is 0.480. The Morgan fingerprint density at radius 3 is 2.77 bits per heavy atom. The summed E-state index contributed by atoms with van der Waals surface area (Å²) in [4.78, 5) is 34.4. The van der Waals surface area contributed by atoms with Crippen LogP contribution >= 0.6 is 11.8 Å². The van der Waals surface area contributed by atoms with Crippen molar-refractivity contribution in [3.8, 4) is 0 Å². The Hall–Kier alpha value is -2.69. The molecule has 3 heterocycles. The number of amides is 1. The number of aliphatic imine (C=N–C) groups is 1. The second-order valence-electron chi connectivity index (χ2n) is 8.46. The van der Waals surface area contributed by atoms with Gasteiger partial charge in [0.1, 0.15) is 5.82 Å². The Kier molecular flexibility index (Phi) is 8.59. The fourth-order valence-corrected chi connectivity index (χ4v) is 5.42. The summed E-state index contributed by atoms with van der Waals surface area (Å²) < 4.78 is 25.4. The predicted octanol–water partition coefficient (Wildman–Crippen LogP) is 3.19. The van der Waals surface area contributed by atoms with Crippen LogP contribution in [0.2, 0.25) is 0 Å². The summed E-state index contributed by atoms with van der Waals surface area (Å²) in [6.45, 7) is 6.72. The molecule has 0 spiro atoms. The normalized spacial score (nSPS) is 20.3. The standard InChI is InChI=1S/C25H31FN4O4S/c1-3-20-22(24(32)33-2)23(18-7-4-5-8-19(18)26)30-17(16-35-25(30)28-20)15-21(31)27-9-6-10-29-11-13-34-14-12-29/h4-5,7-8,16,23H,3,6,9-15H2,1-2H3,(H,27,31)/t23-/m1/s1. The molecule has 1 fully saturated rings. The number of nitrogens with one attached hydrogen (secondary N) is 1. The zero-order chi connectivity index (χ0) is 24.8. The van der Waals surface area contributed by atoms with Crippen molar-refractivity contribution >= 4 is 28.8 Å². The molecule has 188 valence electrons. The van der Waals surface area contributed by atoms with E-state index in [9.17, 15) is 14.0 Å². The number of morpholine rings is 1. The van der Waals surface area contributed by atoms with Gasteiger partial charge in [0, 0.05) is 30.9 Å². The van der Waals surface area contributed by atoms with Gasteiger partial charge in [-0.25, -0.2) is 14.2 Å². The highest BCUT2D eigenvalue weighted by atomic mass is 32.2. The molecule has 1 aromatic rings. The largest absolute Gasteiger partial charge is 0.466 e. The van der Waals surface area contributed by atoms with Gasteiger partial charge in [0.25, 0.3) is 0 Å². The first-order valence-electron chi connectivity index (χ1n) is 11.9. The number of esters is 1. The van der Waals surface area contributed by atoms with Crippen LogP contribution in [-0.4, -0.2) is 73.3 Å². The number of halogens is 1. The van der Waals surface area contributed by atoms with Gasteiger partial charge < -0.3 is 19.7 Å². The van der Waals surface area contributed by atoms with E-state index in [0.29, 0.717) is 40.7 Å². The van der Waals surface area contributed by atoms with Crippen LogP contribution in [0.25, 0.3) is 0 Å². The van der Waals surface area contributed by atoms with E-state index in [1.165, 1.54) is 24.9 Å². The number of methoxy groups -OCH3 is 1. The van der Waals surface area contributed by atoms with Gasteiger partial charge in [0.2, 0.25) is 5.91 Å². The van der Waals surface area contributed by atoms with Crippen LogP contribution < -0.4 is 5.32 Å². The maximum Gasteiger partial charge on any atom is 0.338 e. The minimum Gasteiger partial charge on any atom is -0.466 e. The molecule has 1 N–H and O–H groups in total. The molecule has 10 heteroatoms. The molecule has 0 unspecified atom stereocenters. The highest BCUT2D eigenvalue weighted by Crippen LogP contribution is 2.45. The number of carbonyl (C=O) groups excluding carboxylic acids is 2. The molecule has 4 rings (SSSR count). The van der Waals surface area contributed by atoms with Gasteiger partial charge in [-0.1, -0.05) is 36.9 Å². The third kappa shape index (κ3) is 5.76. The molecule has 3 aliphatic heterocycles. The van der Waals surface area contributed by atoms with Crippen LogP contribution in [0.3, 0.4) is 0 Å². The van der Waals surface area contributed by atoms with E-state index in [-0.39, 0.29) is 12.3 Å². The van der Waals surface area contributed by atoms with Crippen molar-refractivity contribution in [2.45, 2.75) is 32.2 Å². The lowest BCUT2D eigenvalue weighted by atomic mass is 9.92. The van der Waals surface area contributed by atoms with Gasteiger partial charge in [-0.3, -0.25) is 9.69 Å². The summed E-state index contributed by atoms with van der Waals surface area (Å²) in [5, 5.41) is 5.46. The molecular weight excluding hydrogens is 471 g/mol. The Balaban J connectivity index is 1.49. The SMILES string of the molecule is CCC1=C(C(=O)OC)[C@@H](c2ccccc2F)N2C(CC(=O)NCCCN3CCOCC3)=CSC2=N1. The van der Waals surface area contributed by atoms with Gasteiger partial charge in [-0.05, 0) is 30.9 Å². The van der Waals surface area contributed by atoms with Gasteiger partial charge >= 0.3 is 5.97 Å². The maximum absolute atomic E-state index is 15.0. The van der Waals surface area contributed by atoms with Crippen LogP contribution in [-0.2, 0) is 19.1 Å². The van der Waals surface area contributed by atoms with Gasteiger partial charge in [-0.2, -0.15) is 0 Å². The summed E-state index contributed by atoms with van der Waals surface area (Å²) in [7, 11) is 1.31. The number of rotatable bonds is 9. The van der Waals surface area contributed by atoms with Crippen LogP contribution in [0.15, 0.2) is 51.6 Å². The topological polar surface area (TPSA) is 83.5 Å². The summed E-state index contributed by atoms with van der Waals surface area (Å²) in [6, 6.07) is 5.61. The lowest BCUT2D eigenvalue weighted by Gasteiger charge is -2.36. The molecule has 1 amide bonds. The molecule has 0 bridgehead atoms. The van der Waals surface area contributed by atoms with Crippen molar-refractivity contribution in [1.82, 2.24) is 15.1 Å². The lowest BCUT2D eigenvalue weighted by Crippen LogP contribution is -2.39. The van der Waals surface area contributed by atoms with E-state index in [1.807, 2.05) is 12.3 Å². The minimum atomic E-state index is -0.763. The second kappa shape index (κ2) is 11.8. The third-order valence-corrected chi connectivity index (χ3v) is 7.14. The molecule has 1 saturated heterocycles. The van der Waals surface area contributed by atoms with Crippen LogP contribution in [0.1, 0.15) is 37.8 Å². The summed E-state index contributed by atoms with van der Waals surface area (Å²) in [6.07, 6.45) is 1.44. The third-order valence-electron chi connectivity index (χ3n) is 6.25. The van der Waals surface area contributed by atoms with E-state index in [0.717, 1.165) is 39.3 Å². The Morgan fingerprint density at radius 2 is 2.06 bits per heavy atom. The van der Waals surface area contributed by atoms with Gasteiger partial charge in [0.05, 0.1) is 44.1 Å². The Morgan fingerprint density at radius 1 is 1.29 bits per heavy atom. The fourth-order valence-electron chi connectivity index (χ4n) is 4.49. The summed E-state index contributed by atoms with van der Waals surface area (Å²) in [5.41, 5.74) is 1.86. The number of hydrogen-bond acceptors (Lipinski definition) is 8. The zero-order valence-corrected chi connectivity index (χ0v) is 20.9. The molecule has 3 aliphatic rings. The molecule has 8 nitrogen and oxygen atoms in total. The first-order valence-corrected chi connectivity index (χ1v) is 12.8. The molecule has 0 aromatic heterocycles. The number of nitrogens with zero attached hydrogens (tertiary/aromatic N) is 3. The van der Waals surface area contributed by atoms with E-state index >= 15 is 0 Å². The molecule has 1 aromatic carbocycles. The molecule has 0 aliphatic carbocycles. The zero-order valence-electron chi connectivity index (χ0n) is 20.1. The Bertz CT molecular complexity index is 1050. The smallest absolute Gasteiger partial charge is 0.338 e. The van der Waals surface area contributed by atoms with Crippen molar-refractivity contribution in [1.29, 1.82) is 0 Å². The monoisotopic (exact) mass is 502 g/mol. The molecule has 1 atom stereocenters. The van der Waals surface area contributed by atoms with Crippen LogP contribution in [0.4, 0.5) is 4.39 Å². The van der Waals surface area contributed by atoms with Crippen molar-refractivity contribution in [3.05, 3.63) is 58.0 Å². The van der Waals surface area contributed by atoms with E-state index in [4.69, 9.17) is 9.47 Å². The number of hydrogen-bond donors (Lipinski definition) is 1. The first kappa shape index (κ1) is 25.4. The molecule has 0 saturated carbocycles. The number of thioether (sulfide) groups is 1. The van der Waals surface area contributed by atoms with Crippen LogP contribution in [0, 0.1) is 5.82 Å². The first-order chi connectivity index (χ1) is 17.0. The highest BCUT2D eigenvalue weighted by molar-refractivity contribution is 8.16. The van der Waals surface area contributed by atoms with E-state index in [2.05, 4.69) is 15.2 Å².